The van der Waals surface area contributed by atoms with E-state index in [1.807, 2.05) is 24.3 Å². The van der Waals surface area contributed by atoms with Crippen molar-refractivity contribution in [3.05, 3.63) is 69.8 Å². The van der Waals surface area contributed by atoms with Gasteiger partial charge in [-0.2, -0.15) is 0 Å². The van der Waals surface area contributed by atoms with E-state index < -0.39 is 23.8 Å². The van der Waals surface area contributed by atoms with E-state index in [-0.39, 0.29) is 24.7 Å². The summed E-state index contributed by atoms with van der Waals surface area (Å²) in [5.41, 5.74) is 4.92. The standard InChI is InChI=1S/C35H40N4O5/c40-31-15-14-30(33(42)37-31)39-34(43)28-16-25-19-38(20-26(25)17-29(28)35(39)44)18-21-6-8-22(9-7-21)23-10-12-24(13-11-23)32(41)36-27-4-2-1-3-5-27/h10-13,16-17,21-22,27,30H,1-9,14-15,18-20H2,(H,36,41)(H,37,40,42). The molecule has 2 saturated carbocycles. The second kappa shape index (κ2) is 11.9. The number of hydrogen-bond acceptors (Lipinski definition) is 6. The molecule has 2 aliphatic carbocycles. The molecule has 2 aromatic carbocycles. The molecule has 3 aliphatic heterocycles. The molecule has 1 atom stereocenters. The van der Waals surface area contributed by atoms with Gasteiger partial charge in [-0.15, -0.1) is 0 Å². The summed E-state index contributed by atoms with van der Waals surface area (Å²) in [7, 11) is 0. The molecule has 0 bridgehead atoms. The van der Waals surface area contributed by atoms with Gasteiger partial charge in [0.2, 0.25) is 11.8 Å². The lowest BCUT2D eigenvalue weighted by atomic mass is 9.78. The Bertz CT molecular complexity index is 1460. The van der Waals surface area contributed by atoms with Gasteiger partial charge in [-0.3, -0.25) is 39.1 Å². The fourth-order valence-electron chi connectivity index (χ4n) is 8.03. The Morgan fingerprint density at radius 1 is 0.795 bits per heavy atom. The highest BCUT2D eigenvalue weighted by molar-refractivity contribution is 6.23. The van der Waals surface area contributed by atoms with Crippen LogP contribution in [0.15, 0.2) is 36.4 Å². The fourth-order valence-corrected chi connectivity index (χ4v) is 8.03. The number of carbonyl (C=O) groups is 5. The molecule has 5 aliphatic rings. The monoisotopic (exact) mass is 596 g/mol. The van der Waals surface area contributed by atoms with Crippen LogP contribution in [0, 0.1) is 5.92 Å². The quantitative estimate of drug-likeness (QED) is 0.477. The third kappa shape index (κ3) is 5.58. The molecule has 9 nitrogen and oxygen atoms in total. The number of piperidine rings is 1. The summed E-state index contributed by atoms with van der Waals surface area (Å²) in [5.74, 6) is -0.694. The molecule has 3 heterocycles. The minimum absolute atomic E-state index is 0.0457. The Labute approximate surface area is 257 Å². The van der Waals surface area contributed by atoms with E-state index in [2.05, 4.69) is 27.7 Å². The van der Waals surface area contributed by atoms with Gasteiger partial charge in [0.05, 0.1) is 11.1 Å². The van der Waals surface area contributed by atoms with Gasteiger partial charge in [-0.05, 0) is 97.7 Å². The van der Waals surface area contributed by atoms with Crippen LogP contribution < -0.4 is 10.6 Å². The molecule has 9 heteroatoms. The number of nitrogens with one attached hydrogen (secondary N) is 2. The number of carbonyl (C=O) groups excluding carboxylic acids is 5. The van der Waals surface area contributed by atoms with Crippen molar-refractivity contribution in [2.45, 2.75) is 102 Å². The molecule has 0 radical (unpaired) electrons. The first kappa shape index (κ1) is 28.9. The Kier molecular flexibility index (Phi) is 7.83. The van der Waals surface area contributed by atoms with E-state index in [9.17, 15) is 24.0 Å². The summed E-state index contributed by atoms with van der Waals surface area (Å²) < 4.78 is 0. The molecular weight excluding hydrogens is 556 g/mol. The van der Waals surface area contributed by atoms with Crippen molar-refractivity contribution >= 4 is 29.5 Å². The lowest BCUT2D eigenvalue weighted by Crippen LogP contribution is -2.54. The van der Waals surface area contributed by atoms with Crippen molar-refractivity contribution in [3.63, 3.8) is 0 Å². The number of nitrogens with zero attached hydrogens (tertiary/aromatic N) is 2. The molecule has 2 N–H and O–H groups in total. The van der Waals surface area contributed by atoms with Crippen LogP contribution in [0.1, 0.15) is 124 Å². The molecule has 0 spiro atoms. The molecule has 0 aromatic heterocycles. The fraction of sp³-hybridized carbons (Fsp3) is 0.514. The van der Waals surface area contributed by atoms with Gasteiger partial charge in [0.25, 0.3) is 17.7 Å². The highest BCUT2D eigenvalue weighted by Gasteiger charge is 2.45. The Morgan fingerprint density at radius 2 is 1.43 bits per heavy atom. The Balaban J connectivity index is 0.915. The molecule has 2 aromatic rings. The maximum atomic E-state index is 13.2. The zero-order valence-corrected chi connectivity index (χ0v) is 25.1. The number of hydrogen-bond donors (Lipinski definition) is 2. The predicted octanol–water partition coefficient (Wildman–Crippen LogP) is 4.44. The predicted molar refractivity (Wildman–Crippen MR) is 163 cm³/mol. The Hall–Kier alpha value is -3.85. The first-order valence-corrected chi connectivity index (χ1v) is 16.3. The molecular formula is C35H40N4O5. The highest BCUT2D eigenvalue weighted by Crippen LogP contribution is 2.38. The van der Waals surface area contributed by atoms with Crippen molar-refractivity contribution < 1.29 is 24.0 Å². The van der Waals surface area contributed by atoms with Crippen molar-refractivity contribution in [1.29, 1.82) is 0 Å². The van der Waals surface area contributed by atoms with E-state index in [0.29, 0.717) is 29.0 Å². The first-order valence-electron chi connectivity index (χ1n) is 16.3. The van der Waals surface area contributed by atoms with Crippen LogP contribution >= 0.6 is 0 Å². The molecule has 3 fully saturated rings. The minimum atomic E-state index is -0.940. The van der Waals surface area contributed by atoms with Crippen LogP contribution in [0.4, 0.5) is 0 Å². The first-order chi connectivity index (χ1) is 21.3. The SMILES string of the molecule is O=C1CCC(N2C(=O)c3cc4c(cc3C2=O)CN(CC2CCC(c3ccc(C(=O)NC5CCCCC5)cc3)CC2)C4)C(=O)N1. The third-order valence-electron chi connectivity index (χ3n) is 10.5. The average Bonchev–Trinajstić information content (AvgIpc) is 3.53. The normalized spacial score (nSPS) is 26.0. The zero-order valence-electron chi connectivity index (χ0n) is 25.1. The smallest absolute Gasteiger partial charge is 0.262 e. The maximum absolute atomic E-state index is 13.2. The lowest BCUT2D eigenvalue weighted by molar-refractivity contribution is -0.136. The van der Waals surface area contributed by atoms with E-state index in [0.717, 1.165) is 79.7 Å². The van der Waals surface area contributed by atoms with Gasteiger partial charge in [-0.1, -0.05) is 31.4 Å². The van der Waals surface area contributed by atoms with Crippen molar-refractivity contribution in [2.75, 3.05) is 6.54 Å². The second-order valence-electron chi connectivity index (χ2n) is 13.4. The summed E-state index contributed by atoms with van der Waals surface area (Å²) in [4.78, 5) is 66.5. The van der Waals surface area contributed by atoms with Gasteiger partial charge in [0.15, 0.2) is 0 Å². The van der Waals surface area contributed by atoms with Crippen LogP contribution in [0.5, 0.6) is 0 Å². The summed E-state index contributed by atoms with van der Waals surface area (Å²) in [6, 6.07) is 11.3. The average molecular weight is 597 g/mol. The van der Waals surface area contributed by atoms with Crippen LogP contribution in [0.2, 0.25) is 0 Å². The van der Waals surface area contributed by atoms with E-state index in [1.165, 1.54) is 24.8 Å². The van der Waals surface area contributed by atoms with E-state index >= 15 is 0 Å². The van der Waals surface area contributed by atoms with E-state index in [4.69, 9.17) is 0 Å². The van der Waals surface area contributed by atoms with Crippen molar-refractivity contribution in [3.8, 4) is 0 Å². The minimum Gasteiger partial charge on any atom is -0.349 e. The van der Waals surface area contributed by atoms with Crippen LogP contribution in [0.3, 0.4) is 0 Å². The van der Waals surface area contributed by atoms with Gasteiger partial charge >= 0.3 is 0 Å². The van der Waals surface area contributed by atoms with Gasteiger partial charge < -0.3 is 5.32 Å². The number of benzene rings is 2. The summed E-state index contributed by atoms with van der Waals surface area (Å²) in [6.07, 6.45) is 10.7. The number of fused-ring (bicyclic) bond motifs is 2. The summed E-state index contributed by atoms with van der Waals surface area (Å²) in [5, 5.41) is 5.46. The maximum Gasteiger partial charge on any atom is 0.262 e. The lowest BCUT2D eigenvalue weighted by Gasteiger charge is -2.31. The number of rotatable bonds is 6. The van der Waals surface area contributed by atoms with Gasteiger partial charge in [-0.25, -0.2) is 0 Å². The largest absolute Gasteiger partial charge is 0.349 e. The van der Waals surface area contributed by atoms with Gasteiger partial charge in [0.1, 0.15) is 6.04 Å². The van der Waals surface area contributed by atoms with Crippen LogP contribution in [-0.2, 0) is 22.7 Å². The van der Waals surface area contributed by atoms with Crippen molar-refractivity contribution in [1.82, 2.24) is 20.4 Å². The van der Waals surface area contributed by atoms with Gasteiger partial charge in [0, 0.05) is 37.7 Å². The second-order valence-corrected chi connectivity index (χ2v) is 13.4. The zero-order chi connectivity index (χ0) is 30.4. The molecule has 1 saturated heterocycles. The summed E-state index contributed by atoms with van der Waals surface area (Å²) >= 11 is 0. The molecule has 230 valence electrons. The molecule has 44 heavy (non-hydrogen) atoms. The van der Waals surface area contributed by atoms with Crippen molar-refractivity contribution in [2.24, 2.45) is 5.92 Å². The molecule has 7 rings (SSSR count). The van der Waals surface area contributed by atoms with Crippen LogP contribution in [-0.4, -0.2) is 58.0 Å². The Morgan fingerprint density at radius 3 is 2.05 bits per heavy atom. The number of amides is 5. The highest BCUT2D eigenvalue weighted by atomic mass is 16.2. The summed E-state index contributed by atoms with van der Waals surface area (Å²) in [6.45, 7) is 2.47. The third-order valence-corrected chi connectivity index (χ3v) is 10.5. The number of imide groups is 2. The molecule has 1 unspecified atom stereocenters. The van der Waals surface area contributed by atoms with Crippen LogP contribution in [0.25, 0.3) is 0 Å². The molecule has 5 amide bonds. The van der Waals surface area contributed by atoms with E-state index in [1.54, 1.807) is 0 Å². The topological polar surface area (TPSA) is 116 Å².